The van der Waals surface area contributed by atoms with Gasteiger partial charge in [-0.1, -0.05) is 6.07 Å². The van der Waals surface area contributed by atoms with E-state index in [9.17, 15) is 4.79 Å². The molecular weight excluding hydrogens is 306 g/mol. The molecule has 0 N–H and O–H groups in total. The molecule has 0 atom stereocenters. The van der Waals surface area contributed by atoms with Crippen molar-refractivity contribution in [2.45, 2.75) is 12.8 Å². The standard InChI is InChI=1S/C14H20BrN3O/c1-17(2)10-11-6-8-18(9-7-11)14(19)12-4-3-5-13(15)16-12/h3-5,11H,6-10H2,1-2H3. The summed E-state index contributed by atoms with van der Waals surface area (Å²) in [6.07, 6.45) is 2.16. The van der Waals surface area contributed by atoms with E-state index in [2.05, 4.69) is 39.9 Å². The summed E-state index contributed by atoms with van der Waals surface area (Å²) in [5.74, 6) is 0.749. The number of rotatable bonds is 3. The van der Waals surface area contributed by atoms with Gasteiger partial charge in [-0.05, 0) is 60.9 Å². The van der Waals surface area contributed by atoms with E-state index in [-0.39, 0.29) is 5.91 Å². The van der Waals surface area contributed by atoms with Crippen molar-refractivity contribution >= 4 is 21.8 Å². The molecule has 1 aromatic rings. The summed E-state index contributed by atoms with van der Waals surface area (Å²) in [4.78, 5) is 20.7. The number of pyridine rings is 1. The Hall–Kier alpha value is -0.940. The van der Waals surface area contributed by atoms with Gasteiger partial charge in [0, 0.05) is 19.6 Å². The molecule has 0 aliphatic carbocycles. The maximum Gasteiger partial charge on any atom is 0.272 e. The van der Waals surface area contributed by atoms with E-state index in [1.807, 2.05) is 17.0 Å². The van der Waals surface area contributed by atoms with Gasteiger partial charge in [-0.15, -0.1) is 0 Å². The lowest BCUT2D eigenvalue weighted by molar-refractivity contribution is 0.0672. The zero-order valence-electron chi connectivity index (χ0n) is 11.5. The maximum atomic E-state index is 12.3. The number of likely N-dealkylation sites (tertiary alicyclic amines) is 1. The SMILES string of the molecule is CN(C)CC1CCN(C(=O)c2cccc(Br)n2)CC1. The highest BCUT2D eigenvalue weighted by Crippen LogP contribution is 2.19. The molecule has 104 valence electrons. The van der Waals surface area contributed by atoms with Crippen LogP contribution >= 0.6 is 15.9 Å². The fraction of sp³-hybridized carbons (Fsp3) is 0.571. The molecular formula is C14H20BrN3O. The molecule has 1 saturated heterocycles. The summed E-state index contributed by atoms with van der Waals surface area (Å²) < 4.78 is 0.709. The van der Waals surface area contributed by atoms with Gasteiger partial charge in [0.05, 0.1) is 0 Å². The number of hydrogen-bond donors (Lipinski definition) is 0. The number of halogens is 1. The zero-order chi connectivity index (χ0) is 13.8. The van der Waals surface area contributed by atoms with Crippen molar-refractivity contribution in [3.05, 3.63) is 28.5 Å². The fourth-order valence-electron chi connectivity index (χ4n) is 2.52. The smallest absolute Gasteiger partial charge is 0.272 e. The molecule has 1 fully saturated rings. The monoisotopic (exact) mass is 325 g/mol. The van der Waals surface area contributed by atoms with Crippen LogP contribution in [0.1, 0.15) is 23.3 Å². The average molecular weight is 326 g/mol. The normalized spacial score (nSPS) is 16.9. The molecule has 1 aliphatic heterocycles. The van der Waals surface area contributed by atoms with Crippen LogP contribution in [-0.2, 0) is 0 Å². The highest BCUT2D eigenvalue weighted by Gasteiger charge is 2.24. The van der Waals surface area contributed by atoms with Crippen LogP contribution in [0.5, 0.6) is 0 Å². The molecule has 0 unspecified atom stereocenters. The number of nitrogens with zero attached hydrogens (tertiary/aromatic N) is 3. The Morgan fingerprint density at radius 2 is 2.11 bits per heavy atom. The number of aromatic nitrogens is 1. The third-order valence-corrected chi connectivity index (χ3v) is 3.90. The first-order valence-electron chi connectivity index (χ1n) is 6.63. The molecule has 1 amide bonds. The lowest BCUT2D eigenvalue weighted by Gasteiger charge is -2.33. The molecule has 0 spiro atoms. The Balaban J connectivity index is 1.92. The Morgan fingerprint density at radius 3 is 2.68 bits per heavy atom. The van der Waals surface area contributed by atoms with Crippen molar-refractivity contribution in [1.82, 2.24) is 14.8 Å². The molecule has 1 aliphatic rings. The van der Waals surface area contributed by atoms with Gasteiger partial charge in [0.15, 0.2) is 0 Å². The molecule has 19 heavy (non-hydrogen) atoms. The van der Waals surface area contributed by atoms with Crippen molar-refractivity contribution < 1.29 is 4.79 Å². The Bertz CT molecular complexity index is 442. The van der Waals surface area contributed by atoms with E-state index in [4.69, 9.17) is 0 Å². The number of carbonyl (C=O) groups is 1. The predicted molar refractivity (Wildman–Crippen MR) is 79.1 cm³/mol. The number of amides is 1. The molecule has 4 nitrogen and oxygen atoms in total. The van der Waals surface area contributed by atoms with Crippen LogP contribution in [0.15, 0.2) is 22.8 Å². The molecule has 0 saturated carbocycles. The average Bonchev–Trinajstić information content (AvgIpc) is 2.38. The van der Waals surface area contributed by atoms with Gasteiger partial charge in [-0.3, -0.25) is 4.79 Å². The molecule has 1 aromatic heterocycles. The number of piperidine rings is 1. The minimum absolute atomic E-state index is 0.0459. The Morgan fingerprint density at radius 1 is 1.42 bits per heavy atom. The Labute approximate surface area is 122 Å². The minimum atomic E-state index is 0.0459. The van der Waals surface area contributed by atoms with Crippen LogP contribution < -0.4 is 0 Å². The number of hydrogen-bond acceptors (Lipinski definition) is 3. The summed E-state index contributed by atoms with van der Waals surface area (Å²) >= 11 is 3.30. The van der Waals surface area contributed by atoms with Crippen LogP contribution in [0, 0.1) is 5.92 Å². The highest BCUT2D eigenvalue weighted by molar-refractivity contribution is 9.10. The van der Waals surface area contributed by atoms with E-state index in [0.29, 0.717) is 16.2 Å². The van der Waals surface area contributed by atoms with E-state index < -0.39 is 0 Å². The largest absolute Gasteiger partial charge is 0.337 e. The molecule has 0 radical (unpaired) electrons. The van der Waals surface area contributed by atoms with Crippen molar-refractivity contribution in [1.29, 1.82) is 0 Å². The summed E-state index contributed by atoms with van der Waals surface area (Å²) in [5.41, 5.74) is 0.528. The van der Waals surface area contributed by atoms with E-state index >= 15 is 0 Å². The van der Waals surface area contributed by atoms with Crippen molar-refractivity contribution in [2.24, 2.45) is 5.92 Å². The second kappa shape index (κ2) is 6.48. The molecule has 0 bridgehead atoms. The van der Waals surface area contributed by atoms with Crippen molar-refractivity contribution in [3.8, 4) is 0 Å². The first-order valence-corrected chi connectivity index (χ1v) is 7.42. The summed E-state index contributed by atoms with van der Waals surface area (Å²) in [6.45, 7) is 2.79. The van der Waals surface area contributed by atoms with Gasteiger partial charge in [0.1, 0.15) is 10.3 Å². The highest BCUT2D eigenvalue weighted by atomic mass is 79.9. The van der Waals surface area contributed by atoms with Crippen LogP contribution in [0.2, 0.25) is 0 Å². The van der Waals surface area contributed by atoms with Crippen LogP contribution in [0.25, 0.3) is 0 Å². The van der Waals surface area contributed by atoms with Gasteiger partial charge < -0.3 is 9.80 Å². The second-order valence-corrected chi connectivity index (χ2v) is 6.16. The quantitative estimate of drug-likeness (QED) is 0.800. The molecule has 5 heteroatoms. The minimum Gasteiger partial charge on any atom is -0.337 e. The second-order valence-electron chi connectivity index (χ2n) is 5.34. The van der Waals surface area contributed by atoms with E-state index in [1.165, 1.54) is 0 Å². The topological polar surface area (TPSA) is 36.4 Å². The molecule has 2 heterocycles. The number of carbonyl (C=O) groups excluding carboxylic acids is 1. The maximum absolute atomic E-state index is 12.3. The lowest BCUT2D eigenvalue weighted by atomic mass is 9.96. The lowest BCUT2D eigenvalue weighted by Crippen LogP contribution is -2.40. The molecule has 2 rings (SSSR count). The van der Waals surface area contributed by atoms with Crippen molar-refractivity contribution in [2.75, 3.05) is 33.7 Å². The fourth-order valence-corrected chi connectivity index (χ4v) is 2.87. The van der Waals surface area contributed by atoms with Gasteiger partial charge in [0.2, 0.25) is 0 Å². The van der Waals surface area contributed by atoms with Gasteiger partial charge in [-0.2, -0.15) is 0 Å². The van der Waals surface area contributed by atoms with Crippen molar-refractivity contribution in [3.63, 3.8) is 0 Å². The first kappa shape index (κ1) is 14.5. The van der Waals surface area contributed by atoms with Gasteiger partial charge >= 0.3 is 0 Å². The third-order valence-electron chi connectivity index (χ3n) is 3.46. The predicted octanol–water partition coefficient (Wildman–Crippen LogP) is 2.26. The summed E-state index contributed by atoms with van der Waals surface area (Å²) in [5, 5.41) is 0. The third kappa shape index (κ3) is 4.01. The van der Waals surface area contributed by atoms with Gasteiger partial charge in [0.25, 0.3) is 5.91 Å². The first-order chi connectivity index (χ1) is 9.06. The van der Waals surface area contributed by atoms with E-state index in [1.54, 1.807) is 6.07 Å². The summed E-state index contributed by atoms with van der Waals surface area (Å²) in [6, 6.07) is 5.46. The van der Waals surface area contributed by atoms with Crippen LogP contribution in [-0.4, -0.2) is 54.4 Å². The summed E-state index contributed by atoms with van der Waals surface area (Å²) in [7, 11) is 4.20. The Kier molecular flexibility index (Phi) is 4.93. The molecule has 0 aromatic carbocycles. The van der Waals surface area contributed by atoms with E-state index in [0.717, 1.165) is 32.5 Å². The zero-order valence-corrected chi connectivity index (χ0v) is 13.1. The van der Waals surface area contributed by atoms with Crippen LogP contribution in [0.4, 0.5) is 0 Å². The van der Waals surface area contributed by atoms with Gasteiger partial charge in [-0.25, -0.2) is 4.98 Å². The van der Waals surface area contributed by atoms with Crippen LogP contribution in [0.3, 0.4) is 0 Å².